The van der Waals surface area contributed by atoms with Gasteiger partial charge in [-0.05, 0) is 53.0 Å². The highest BCUT2D eigenvalue weighted by molar-refractivity contribution is 9.10. The van der Waals surface area contributed by atoms with Gasteiger partial charge in [0.2, 0.25) is 0 Å². The second kappa shape index (κ2) is 8.18. The Bertz CT molecular complexity index is 754. The predicted octanol–water partition coefficient (Wildman–Crippen LogP) is 3.57. The van der Waals surface area contributed by atoms with E-state index >= 15 is 0 Å². The van der Waals surface area contributed by atoms with Crippen molar-refractivity contribution in [2.75, 3.05) is 18.0 Å². The van der Waals surface area contributed by atoms with Gasteiger partial charge < -0.3 is 10.0 Å². The van der Waals surface area contributed by atoms with Gasteiger partial charge in [0.25, 0.3) is 0 Å². The minimum Gasteiger partial charge on any atom is -0.481 e. The number of carboxylic acid groups (broad SMARTS) is 1. The highest BCUT2D eigenvalue weighted by Gasteiger charge is 2.30. The van der Waals surface area contributed by atoms with Crippen molar-refractivity contribution in [3.8, 4) is 0 Å². The van der Waals surface area contributed by atoms with Crippen LogP contribution in [0.3, 0.4) is 0 Å². The van der Waals surface area contributed by atoms with Crippen molar-refractivity contribution in [1.29, 1.82) is 0 Å². The molecule has 2 heterocycles. The van der Waals surface area contributed by atoms with Crippen LogP contribution in [0.4, 0.5) is 5.82 Å². The number of hydrogen-bond acceptors (Lipinski definition) is 4. The second-order valence-corrected chi connectivity index (χ2v) is 7.92. The predicted molar refractivity (Wildman–Crippen MR) is 106 cm³/mol. The summed E-state index contributed by atoms with van der Waals surface area (Å²) in [5.41, 5.74) is 2.02. The average Bonchev–Trinajstić information content (AvgIpc) is 2.58. The van der Waals surface area contributed by atoms with Gasteiger partial charge in [-0.3, -0.25) is 9.69 Å². The number of aromatic nitrogens is 1. The Morgan fingerprint density at radius 1 is 1.19 bits per heavy atom. The summed E-state index contributed by atoms with van der Waals surface area (Å²) >= 11 is 3.43. The van der Waals surface area contributed by atoms with Gasteiger partial charge >= 0.3 is 5.97 Å². The van der Waals surface area contributed by atoms with Gasteiger partial charge in [0.1, 0.15) is 5.82 Å². The first-order valence-electron chi connectivity index (χ1n) is 8.84. The topological polar surface area (TPSA) is 56.7 Å². The van der Waals surface area contributed by atoms with Crippen molar-refractivity contribution in [3.05, 3.63) is 58.2 Å². The molecule has 0 bridgehead atoms. The van der Waals surface area contributed by atoms with E-state index in [0.29, 0.717) is 12.1 Å². The van der Waals surface area contributed by atoms with E-state index in [-0.39, 0.29) is 6.42 Å². The molecule has 5 nitrogen and oxygen atoms in total. The van der Waals surface area contributed by atoms with Gasteiger partial charge in [0.05, 0.1) is 6.42 Å². The highest BCUT2D eigenvalue weighted by Crippen LogP contribution is 2.24. The van der Waals surface area contributed by atoms with Crippen molar-refractivity contribution in [2.24, 2.45) is 0 Å². The zero-order chi connectivity index (χ0) is 18.7. The minimum atomic E-state index is -0.792. The van der Waals surface area contributed by atoms with Crippen LogP contribution in [-0.4, -0.2) is 46.1 Å². The molecule has 1 aromatic carbocycles. The fourth-order valence-corrected chi connectivity index (χ4v) is 3.87. The standard InChI is InChI=1S/C20H24BrN3O2/c1-14-11-23(19-7-6-18(21)10-22-19)12-15(2)24(14)13-17-5-3-4-16(8-17)9-20(25)26/h3-8,10,14-15H,9,11-13H2,1-2H3,(H,25,26)/t14-,15+. The molecule has 26 heavy (non-hydrogen) atoms. The summed E-state index contributed by atoms with van der Waals surface area (Å²) in [5, 5.41) is 8.99. The molecule has 138 valence electrons. The Hall–Kier alpha value is -1.92. The summed E-state index contributed by atoms with van der Waals surface area (Å²) in [5.74, 6) is 0.217. The molecule has 0 unspecified atom stereocenters. The number of hydrogen-bond donors (Lipinski definition) is 1. The molecule has 1 fully saturated rings. The maximum Gasteiger partial charge on any atom is 0.307 e. The van der Waals surface area contributed by atoms with Crippen LogP contribution in [0.5, 0.6) is 0 Å². The molecular weight excluding hydrogens is 394 g/mol. The fraction of sp³-hybridized carbons (Fsp3) is 0.400. The maximum atomic E-state index is 10.9. The average molecular weight is 418 g/mol. The normalized spacial score (nSPS) is 21.0. The van der Waals surface area contributed by atoms with Crippen molar-refractivity contribution in [1.82, 2.24) is 9.88 Å². The fourth-order valence-electron chi connectivity index (χ4n) is 3.63. The Balaban J connectivity index is 1.68. The number of anilines is 1. The van der Waals surface area contributed by atoms with Crippen LogP contribution in [0.2, 0.25) is 0 Å². The van der Waals surface area contributed by atoms with E-state index in [2.05, 4.69) is 56.7 Å². The highest BCUT2D eigenvalue weighted by atomic mass is 79.9. The summed E-state index contributed by atoms with van der Waals surface area (Å²) in [6.45, 7) is 7.16. The molecule has 1 N–H and O–H groups in total. The van der Waals surface area contributed by atoms with Gasteiger partial charge in [-0.25, -0.2) is 4.98 Å². The van der Waals surface area contributed by atoms with Crippen molar-refractivity contribution in [2.45, 2.75) is 38.9 Å². The lowest BCUT2D eigenvalue weighted by atomic mass is 10.0. The molecule has 1 saturated heterocycles. The number of piperazine rings is 1. The van der Waals surface area contributed by atoms with E-state index in [1.165, 1.54) is 0 Å². The molecule has 0 saturated carbocycles. The molecule has 1 aliphatic rings. The Morgan fingerprint density at radius 3 is 2.50 bits per heavy atom. The summed E-state index contributed by atoms with van der Waals surface area (Å²) in [6.07, 6.45) is 1.91. The molecule has 1 aromatic heterocycles. The van der Waals surface area contributed by atoms with Crippen LogP contribution >= 0.6 is 15.9 Å². The number of halogens is 1. The third-order valence-electron chi connectivity index (χ3n) is 4.85. The zero-order valence-electron chi connectivity index (χ0n) is 15.1. The molecule has 0 aliphatic carbocycles. The van der Waals surface area contributed by atoms with E-state index in [1.807, 2.05) is 30.5 Å². The lowest BCUT2D eigenvalue weighted by Gasteiger charge is -2.45. The van der Waals surface area contributed by atoms with E-state index < -0.39 is 5.97 Å². The minimum absolute atomic E-state index is 0.0714. The summed E-state index contributed by atoms with van der Waals surface area (Å²) in [6, 6.07) is 12.8. The maximum absolute atomic E-state index is 10.9. The van der Waals surface area contributed by atoms with E-state index in [9.17, 15) is 4.79 Å². The summed E-state index contributed by atoms with van der Waals surface area (Å²) in [7, 11) is 0. The Labute approximate surface area is 162 Å². The third kappa shape index (κ3) is 4.62. The Morgan fingerprint density at radius 2 is 1.88 bits per heavy atom. The molecule has 2 aromatic rings. The number of aliphatic carboxylic acids is 1. The molecular formula is C20H24BrN3O2. The first kappa shape index (κ1) is 18.9. The monoisotopic (exact) mass is 417 g/mol. The molecule has 0 radical (unpaired) electrons. The molecule has 1 aliphatic heterocycles. The van der Waals surface area contributed by atoms with Crippen LogP contribution in [0, 0.1) is 0 Å². The number of rotatable bonds is 5. The third-order valence-corrected chi connectivity index (χ3v) is 5.32. The first-order chi connectivity index (χ1) is 12.4. The molecule has 3 rings (SSSR count). The first-order valence-corrected chi connectivity index (χ1v) is 9.63. The molecule has 6 heteroatoms. The quantitative estimate of drug-likeness (QED) is 0.805. The van der Waals surface area contributed by atoms with Gasteiger partial charge in [-0.15, -0.1) is 0 Å². The lowest BCUT2D eigenvalue weighted by molar-refractivity contribution is -0.136. The van der Waals surface area contributed by atoms with Crippen molar-refractivity contribution in [3.63, 3.8) is 0 Å². The number of carboxylic acids is 1. The summed E-state index contributed by atoms with van der Waals surface area (Å²) in [4.78, 5) is 20.3. The van der Waals surface area contributed by atoms with E-state index in [1.54, 1.807) is 0 Å². The van der Waals surface area contributed by atoms with Gasteiger partial charge in [0, 0.05) is 42.4 Å². The van der Waals surface area contributed by atoms with Crippen molar-refractivity contribution >= 4 is 27.7 Å². The van der Waals surface area contributed by atoms with Crippen LogP contribution in [0.15, 0.2) is 47.1 Å². The SMILES string of the molecule is C[C@@H]1CN(c2ccc(Br)cn2)C[C@H](C)N1Cc1cccc(CC(=O)O)c1. The van der Waals surface area contributed by atoms with E-state index in [4.69, 9.17) is 5.11 Å². The van der Waals surface area contributed by atoms with Crippen LogP contribution in [-0.2, 0) is 17.8 Å². The largest absolute Gasteiger partial charge is 0.481 e. The number of benzene rings is 1. The Kier molecular flexibility index (Phi) is 5.94. The number of pyridine rings is 1. The summed E-state index contributed by atoms with van der Waals surface area (Å²) < 4.78 is 0.988. The zero-order valence-corrected chi connectivity index (χ0v) is 16.7. The smallest absolute Gasteiger partial charge is 0.307 e. The van der Waals surface area contributed by atoms with Crippen LogP contribution < -0.4 is 4.90 Å². The molecule has 0 amide bonds. The van der Waals surface area contributed by atoms with E-state index in [0.717, 1.165) is 41.1 Å². The lowest BCUT2D eigenvalue weighted by Crippen LogP contribution is -2.56. The number of nitrogens with zero attached hydrogens (tertiary/aromatic N) is 3. The van der Waals surface area contributed by atoms with Crippen molar-refractivity contribution < 1.29 is 9.90 Å². The molecule has 0 spiro atoms. The van der Waals surface area contributed by atoms with Gasteiger partial charge in [-0.2, -0.15) is 0 Å². The molecule has 2 atom stereocenters. The van der Waals surface area contributed by atoms with Crippen LogP contribution in [0.25, 0.3) is 0 Å². The number of carbonyl (C=O) groups is 1. The van der Waals surface area contributed by atoms with Gasteiger partial charge in [-0.1, -0.05) is 24.3 Å². The second-order valence-electron chi connectivity index (χ2n) is 7.00. The van der Waals surface area contributed by atoms with Gasteiger partial charge in [0.15, 0.2) is 0 Å². The van der Waals surface area contributed by atoms with Crippen LogP contribution in [0.1, 0.15) is 25.0 Å².